The maximum atomic E-state index is 11.1. The third-order valence-corrected chi connectivity index (χ3v) is 2.36. The molecule has 1 aromatic carbocycles. The number of hydrogen-bond acceptors (Lipinski definition) is 5. The number of nitrogens with zero attached hydrogens (tertiary/aromatic N) is 2. The van der Waals surface area contributed by atoms with Gasteiger partial charge in [-0.05, 0) is 29.7 Å². The number of esters is 1. The molecule has 0 radical (unpaired) electrons. The molecule has 0 bridgehead atoms. The Kier molecular flexibility index (Phi) is 1.94. The minimum Gasteiger partial charge on any atom is -0.465 e. The van der Waals surface area contributed by atoms with Crippen molar-refractivity contribution in [2.24, 2.45) is 0 Å². The second-order valence-electron chi connectivity index (χ2n) is 2.45. The largest absolute Gasteiger partial charge is 0.465 e. The van der Waals surface area contributed by atoms with Crippen LogP contribution in [0.15, 0.2) is 18.2 Å². The average molecular weight is 194 g/mol. The Bertz CT molecular complexity index is 452. The summed E-state index contributed by atoms with van der Waals surface area (Å²) in [6.07, 6.45) is 0. The summed E-state index contributed by atoms with van der Waals surface area (Å²) in [4.78, 5) is 11.1. The van der Waals surface area contributed by atoms with Crippen molar-refractivity contribution in [2.75, 3.05) is 7.11 Å². The van der Waals surface area contributed by atoms with E-state index in [1.807, 2.05) is 0 Å². The van der Waals surface area contributed by atoms with Crippen LogP contribution < -0.4 is 0 Å². The molecule has 13 heavy (non-hydrogen) atoms. The SMILES string of the molecule is COC(=O)c1ccc2nnsc2c1. The average Bonchev–Trinajstić information content (AvgIpc) is 2.63. The topological polar surface area (TPSA) is 52.1 Å². The van der Waals surface area contributed by atoms with Gasteiger partial charge < -0.3 is 4.74 Å². The fourth-order valence-corrected chi connectivity index (χ4v) is 1.62. The number of carbonyl (C=O) groups excluding carboxylic acids is 1. The van der Waals surface area contributed by atoms with Gasteiger partial charge in [0.05, 0.1) is 17.4 Å². The molecule has 0 aliphatic rings. The second kappa shape index (κ2) is 3.10. The first kappa shape index (κ1) is 8.12. The number of aromatic nitrogens is 2. The van der Waals surface area contributed by atoms with Crippen LogP contribution in [0.3, 0.4) is 0 Å². The number of fused-ring (bicyclic) bond motifs is 1. The minimum atomic E-state index is -0.338. The lowest BCUT2D eigenvalue weighted by Crippen LogP contribution is -1.99. The van der Waals surface area contributed by atoms with Crippen molar-refractivity contribution in [1.82, 2.24) is 9.59 Å². The van der Waals surface area contributed by atoms with Crippen LogP contribution >= 0.6 is 11.5 Å². The van der Waals surface area contributed by atoms with E-state index in [4.69, 9.17) is 0 Å². The van der Waals surface area contributed by atoms with E-state index in [1.165, 1.54) is 18.6 Å². The number of hydrogen-bond donors (Lipinski definition) is 0. The molecule has 0 aliphatic carbocycles. The van der Waals surface area contributed by atoms with Gasteiger partial charge in [-0.25, -0.2) is 4.79 Å². The first-order chi connectivity index (χ1) is 6.31. The van der Waals surface area contributed by atoms with Crippen LogP contribution in [0.4, 0.5) is 0 Å². The van der Waals surface area contributed by atoms with Gasteiger partial charge in [-0.15, -0.1) is 5.10 Å². The summed E-state index contributed by atoms with van der Waals surface area (Å²) in [5.74, 6) is -0.338. The number of benzene rings is 1. The van der Waals surface area contributed by atoms with Crippen LogP contribution in [0, 0.1) is 0 Å². The first-order valence-corrected chi connectivity index (χ1v) is 4.39. The summed E-state index contributed by atoms with van der Waals surface area (Å²) in [6.45, 7) is 0. The van der Waals surface area contributed by atoms with Crippen LogP contribution in [0.5, 0.6) is 0 Å². The molecule has 4 nitrogen and oxygen atoms in total. The lowest BCUT2D eigenvalue weighted by Gasteiger charge is -1.96. The molecule has 1 aromatic heterocycles. The van der Waals surface area contributed by atoms with Crippen LogP contribution in [0.25, 0.3) is 10.2 Å². The van der Waals surface area contributed by atoms with E-state index < -0.39 is 0 Å². The van der Waals surface area contributed by atoms with E-state index in [0.29, 0.717) is 5.56 Å². The fraction of sp³-hybridized carbons (Fsp3) is 0.125. The van der Waals surface area contributed by atoms with E-state index in [0.717, 1.165) is 10.2 Å². The standard InChI is InChI=1S/C8H6N2O2S/c1-12-8(11)5-2-3-6-7(4-5)13-10-9-6/h2-4H,1H3. The molecular formula is C8H6N2O2S. The molecule has 2 rings (SSSR count). The Balaban J connectivity index is 2.54. The van der Waals surface area contributed by atoms with Crippen molar-refractivity contribution >= 4 is 27.7 Å². The molecule has 1 heterocycles. The highest BCUT2D eigenvalue weighted by molar-refractivity contribution is 7.12. The smallest absolute Gasteiger partial charge is 0.337 e. The lowest BCUT2D eigenvalue weighted by molar-refractivity contribution is 0.0601. The highest BCUT2D eigenvalue weighted by Crippen LogP contribution is 2.17. The van der Waals surface area contributed by atoms with Gasteiger partial charge in [-0.2, -0.15) is 0 Å². The third kappa shape index (κ3) is 1.38. The van der Waals surface area contributed by atoms with Crippen LogP contribution in [-0.4, -0.2) is 22.7 Å². The summed E-state index contributed by atoms with van der Waals surface area (Å²) < 4.78 is 9.25. The number of ether oxygens (including phenoxy) is 1. The zero-order chi connectivity index (χ0) is 9.26. The molecule has 66 valence electrons. The van der Waals surface area contributed by atoms with Gasteiger partial charge in [0.1, 0.15) is 5.52 Å². The Hall–Kier alpha value is -1.49. The number of rotatable bonds is 1. The van der Waals surface area contributed by atoms with Crippen molar-refractivity contribution in [3.8, 4) is 0 Å². The van der Waals surface area contributed by atoms with Crippen LogP contribution in [0.1, 0.15) is 10.4 Å². The molecule has 2 aromatic rings. The summed E-state index contributed by atoms with van der Waals surface area (Å²) in [7, 11) is 1.36. The van der Waals surface area contributed by atoms with E-state index in [9.17, 15) is 4.79 Å². The Morgan fingerprint density at radius 1 is 1.54 bits per heavy atom. The quantitative estimate of drug-likeness (QED) is 0.645. The Labute approximate surface area is 78.3 Å². The van der Waals surface area contributed by atoms with Gasteiger partial charge in [-0.3, -0.25) is 0 Å². The molecule has 0 aliphatic heterocycles. The molecule has 0 saturated heterocycles. The predicted molar refractivity (Wildman–Crippen MR) is 48.8 cm³/mol. The van der Waals surface area contributed by atoms with Gasteiger partial charge in [0.2, 0.25) is 0 Å². The van der Waals surface area contributed by atoms with Gasteiger partial charge in [0.25, 0.3) is 0 Å². The summed E-state index contributed by atoms with van der Waals surface area (Å²) in [5.41, 5.74) is 1.33. The Morgan fingerprint density at radius 2 is 2.38 bits per heavy atom. The fourth-order valence-electron chi connectivity index (χ4n) is 1.02. The monoisotopic (exact) mass is 194 g/mol. The van der Waals surface area contributed by atoms with Gasteiger partial charge >= 0.3 is 5.97 Å². The Morgan fingerprint density at radius 3 is 3.15 bits per heavy atom. The highest BCUT2D eigenvalue weighted by Gasteiger charge is 2.06. The molecule has 0 spiro atoms. The van der Waals surface area contributed by atoms with E-state index in [1.54, 1.807) is 18.2 Å². The minimum absolute atomic E-state index is 0.338. The maximum Gasteiger partial charge on any atom is 0.337 e. The number of methoxy groups -OCH3 is 1. The molecule has 0 N–H and O–H groups in total. The van der Waals surface area contributed by atoms with Crippen molar-refractivity contribution in [1.29, 1.82) is 0 Å². The van der Waals surface area contributed by atoms with Crippen LogP contribution in [0.2, 0.25) is 0 Å². The van der Waals surface area contributed by atoms with Crippen molar-refractivity contribution in [3.63, 3.8) is 0 Å². The second-order valence-corrected chi connectivity index (χ2v) is 3.23. The zero-order valence-electron chi connectivity index (χ0n) is 6.85. The highest BCUT2D eigenvalue weighted by atomic mass is 32.1. The molecule has 5 heteroatoms. The predicted octanol–water partition coefficient (Wildman–Crippen LogP) is 1.48. The van der Waals surface area contributed by atoms with Gasteiger partial charge in [0, 0.05) is 0 Å². The molecule has 0 atom stereocenters. The summed E-state index contributed by atoms with van der Waals surface area (Å²) in [6, 6.07) is 5.16. The molecule has 0 fully saturated rings. The molecule has 0 unspecified atom stereocenters. The summed E-state index contributed by atoms with van der Waals surface area (Å²) >= 11 is 1.26. The van der Waals surface area contributed by atoms with Gasteiger partial charge in [-0.1, -0.05) is 4.49 Å². The maximum absolute atomic E-state index is 11.1. The van der Waals surface area contributed by atoms with Crippen molar-refractivity contribution in [3.05, 3.63) is 23.8 Å². The zero-order valence-corrected chi connectivity index (χ0v) is 7.67. The normalized spacial score (nSPS) is 10.2. The van der Waals surface area contributed by atoms with E-state index >= 15 is 0 Å². The lowest BCUT2D eigenvalue weighted by atomic mass is 10.2. The van der Waals surface area contributed by atoms with Crippen molar-refractivity contribution in [2.45, 2.75) is 0 Å². The van der Waals surface area contributed by atoms with Crippen LogP contribution in [-0.2, 0) is 4.74 Å². The van der Waals surface area contributed by atoms with Crippen molar-refractivity contribution < 1.29 is 9.53 Å². The molecule has 0 amide bonds. The molecule has 0 saturated carbocycles. The summed E-state index contributed by atoms with van der Waals surface area (Å²) in [5, 5.41) is 3.86. The number of carbonyl (C=O) groups is 1. The van der Waals surface area contributed by atoms with Gasteiger partial charge in [0.15, 0.2) is 0 Å². The first-order valence-electron chi connectivity index (χ1n) is 3.61. The van der Waals surface area contributed by atoms with E-state index in [-0.39, 0.29) is 5.97 Å². The molecular weight excluding hydrogens is 188 g/mol. The third-order valence-electron chi connectivity index (χ3n) is 1.67. The van der Waals surface area contributed by atoms with E-state index in [2.05, 4.69) is 14.3 Å².